The Morgan fingerprint density at radius 2 is 1.83 bits per heavy atom. The molecule has 0 spiro atoms. The number of benzene rings is 1. The molecule has 2 heterocycles. The maximum absolute atomic E-state index is 14.1. The molecule has 0 aromatic heterocycles. The Hall–Kier alpha value is -1.56. The molecule has 6 heteroatoms. The Morgan fingerprint density at radius 3 is 2.48 bits per heavy atom. The zero-order valence-electron chi connectivity index (χ0n) is 13.0. The number of carbonyl (C=O) groups is 1. The number of likely N-dealkylation sites (tertiary alicyclic amines) is 1. The fourth-order valence-corrected chi connectivity index (χ4v) is 3.32. The Bertz CT molecular complexity index is 575. The van der Waals surface area contributed by atoms with Crippen LogP contribution in [0, 0.1) is 5.82 Å². The van der Waals surface area contributed by atoms with Gasteiger partial charge in [0.1, 0.15) is 5.82 Å². The zero-order chi connectivity index (χ0) is 16.4. The molecular weight excluding hydrogens is 305 g/mol. The van der Waals surface area contributed by atoms with Crippen LogP contribution in [0.4, 0.5) is 13.2 Å². The number of alkyl halides is 2. The molecule has 0 bridgehead atoms. The quantitative estimate of drug-likeness (QED) is 0.905. The molecule has 1 aromatic rings. The van der Waals surface area contributed by atoms with E-state index in [0.717, 1.165) is 31.5 Å². The van der Waals surface area contributed by atoms with Gasteiger partial charge in [-0.3, -0.25) is 4.79 Å². The van der Waals surface area contributed by atoms with Crippen LogP contribution in [-0.4, -0.2) is 42.9 Å². The summed E-state index contributed by atoms with van der Waals surface area (Å²) in [5.74, 6) is -3.46. The standard InChI is InChI=1S/C17H21F3N2O/c18-15-2-1-13(12-3-7-21-8-4-12)11-14(15)16(23)22-9-5-17(19,20)6-10-22/h1-2,11-12,21H,3-10H2. The lowest BCUT2D eigenvalue weighted by Gasteiger charge is -2.32. The van der Waals surface area contributed by atoms with E-state index in [0.29, 0.717) is 5.92 Å². The van der Waals surface area contributed by atoms with Crippen molar-refractivity contribution in [3.63, 3.8) is 0 Å². The monoisotopic (exact) mass is 326 g/mol. The fraction of sp³-hybridized carbons (Fsp3) is 0.588. The summed E-state index contributed by atoms with van der Waals surface area (Å²) < 4.78 is 40.5. The maximum atomic E-state index is 14.1. The number of rotatable bonds is 2. The number of piperidine rings is 2. The molecule has 3 nitrogen and oxygen atoms in total. The molecule has 2 aliphatic rings. The molecule has 0 unspecified atom stereocenters. The summed E-state index contributed by atoms with van der Waals surface area (Å²) in [7, 11) is 0. The van der Waals surface area contributed by atoms with Gasteiger partial charge in [-0.1, -0.05) is 6.07 Å². The van der Waals surface area contributed by atoms with Crippen molar-refractivity contribution in [2.24, 2.45) is 0 Å². The van der Waals surface area contributed by atoms with Gasteiger partial charge in [0.15, 0.2) is 0 Å². The number of nitrogens with one attached hydrogen (secondary N) is 1. The lowest BCUT2D eigenvalue weighted by molar-refractivity contribution is -0.0494. The summed E-state index contributed by atoms with van der Waals surface area (Å²) in [5, 5.41) is 3.27. The van der Waals surface area contributed by atoms with Crippen LogP contribution in [0.25, 0.3) is 0 Å². The molecule has 0 atom stereocenters. The Balaban J connectivity index is 1.77. The summed E-state index contributed by atoms with van der Waals surface area (Å²) in [6.45, 7) is 1.77. The van der Waals surface area contributed by atoms with Gasteiger partial charge in [0, 0.05) is 25.9 Å². The molecule has 2 aliphatic heterocycles. The second-order valence-corrected chi connectivity index (χ2v) is 6.41. The first-order valence-electron chi connectivity index (χ1n) is 8.13. The van der Waals surface area contributed by atoms with Crippen LogP contribution < -0.4 is 5.32 Å². The van der Waals surface area contributed by atoms with E-state index in [9.17, 15) is 18.0 Å². The normalized spacial score (nSPS) is 22.1. The van der Waals surface area contributed by atoms with Gasteiger partial charge in [-0.25, -0.2) is 13.2 Å². The van der Waals surface area contributed by atoms with Gasteiger partial charge >= 0.3 is 0 Å². The van der Waals surface area contributed by atoms with Crippen molar-refractivity contribution >= 4 is 5.91 Å². The number of amides is 1. The lowest BCUT2D eigenvalue weighted by atomic mass is 9.89. The third kappa shape index (κ3) is 3.68. The average molecular weight is 326 g/mol. The molecule has 1 N–H and O–H groups in total. The summed E-state index contributed by atoms with van der Waals surface area (Å²) in [4.78, 5) is 13.8. The first-order chi connectivity index (χ1) is 11.0. The van der Waals surface area contributed by atoms with Crippen molar-refractivity contribution in [3.8, 4) is 0 Å². The summed E-state index contributed by atoms with van der Waals surface area (Å²) >= 11 is 0. The van der Waals surface area contributed by atoms with Gasteiger partial charge in [0.25, 0.3) is 11.8 Å². The first kappa shape index (κ1) is 16.3. The average Bonchev–Trinajstić information content (AvgIpc) is 2.55. The third-order valence-electron chi connectivity index (χ3n) is 4.81. The van der Waals surface area contributed by atoms with Crippen LogP contribution >= 0.6 is 0 Å². The van der Waals surface area contributed by atoms with Gasteiger partial charge in [-0.15, -0.1) is 0 Å². The van der Waals surface area contributed by atoms with Gasteiger partial charge in [-0.05, 0) is 49.5 Å². The summed E-state index contributed by atoms with van der Waals surface area (Å²) in [6, 6.07) is 4.66. The molecule has 2 saturated heterocycles. The van der Waals surface area contributed by atoms with Crippen LogP contribution in [0.5, 0.6) is 0 Å². The van der Waals surface area contributed by atoms with E-state index in [4.69, 9.17) is 0 Å². The van der Waals surface area contributed by atoms with Gasteiger partial charge < -0.3 is 10.2 Å². The Morgan fingerprint density at radius 1 is 1.17 bits per heavy atom. The van der Waals surface area contributed by atoms with Gasteiger partial charge in [-0.2, -0.15) is 0 Å². The van der Waals surface area contributed by atoms with E-state index < -0.39 is 17.6 Å². The highest BCUT2D eigenvalue weighted by molar-refractivity contribution is 5.94. The van der Waals surface area contributed by atoms with Crippen LogP contribution in [0.2, 0.25) is 0 Å². The van der Waals surface area contributed by atoms with Crippen LogP contribution in [0.15, 0.2) is 18.2 Å². The van der Waals surface area contributed by atoms with Crippen molar-refractivity contribution in [2.75, 3.05) is 26.2 Å². The second-order valence-electron chi connectivity index (χ2n) is 6.41. The van der Waals surface area contributed by atoms with Crippen molar-refractivity contribution in [2.45, 2.75) is 37.5 Å². The molecule has 126 valence electrons. The molecule has 0 saturated carbocycles. The molecule has 23 heavy (non-hydrogen) atoms. The molecule has 0 aliphatic carbocycles. The minimum Gasteiger partial charge on any atom is -0.338 e. The number of nitrogens with zero attached hydrogens (tertiary/aromatic N) is 1. The second kappa shape index (κ2) is 6.51. The summed E-state index contributed by atoms with van der Waals surface area (Å²) in [5.41, 5.74) is 0.963. The van der Waals surface area contributed by atoms with E-state index in [1.165, 1.54) is 11.0 Å². The SMILES string of the molecule is O=C(c1cc(C2CCNCC2)ccc1F)N1CCC(F)(F)CC1. The van der Waals surface area contributed by atoms with Crippen LogP contribution in [0.1, 0.15) is 47.5 Å². The van der Waals surface area contributed by atoms with Crippen LogP contribution in [-0.2, 0) is 0 Å². The van der Waals surface area contributed by atoms with Gasteiger partial charge in [0.2, 0.25) is 0 Å². The number of halogens is 3. The first-order valence-corrected chi connectivity index (χ1v) is 8.13. The number of carbonyl (C=O) groups excluding carboxylic acids is 1. The number of hydrogen-bond acceptors (Lipinski definition) is 2. The fourth-order valence-electron chi connectivity index (χ4n) is 3.32. The highest BCUT2D eigenvalue weighted by atomic mass is 19.3. The molecular formula is C17H21F3N2O. The topological polar surface area (TPSA) is 32.3 Å². The van der Waals surface area contributed by atoms with E-state index >= 15 is 0 Å². The van der Waals surface area contributed by atoms with Crippen molar-refractivity contribution in [3.05, 3.63) is 35.1 Å². The number of hydrogen-bond donors (Lipinski definition) is 1. The van der Waals surface area contributed by atoms with Crippen LogP contribution in [0.3, 0.4) is 0 Å². The molecule has 1 amide bonds. The molecule has 3 rings (SSSR count). The van der Waals surface area contributed by atoms with E-state index in [1.54, 1.807) is 12.1 Å². The Labute approximate surface area is 133 Å². The minimum atomic E-state index is -2.72. The lowest BCUT2D eigenvalue weighted by Crippen LogP contribution is -2.43. The zero-order valence-corrected chi connectivity index (χ0v) is 13.0. The van der Waals surface area contributed by atoms with Crippen molar-refractivity contribution in [1.82, 2.24) is 10.2 Å². The minimum absolute atomic E-state index is 0.00579. The van der Waals surface area contributed by atoms with Gasteiger partial charge in [0.05, 0.1) is 5.56 Å². The van der Waals surface area contributed by atoms with Crippen molar-refractivity contribution < 1.29 is 18.0 Å². The predicted octanol–water partition coefficient (Wildman–Crippen LogP) is 3.16. The maximum Gasteiger partial charge on any atom is 0.256 e. The predicted molar refractivity (Wildman–Crippen MR) is 81.3 cm³/mol. The Kier molecular flexibility index (Phi) is 4.62. The summed E-state index contributed by atoms with van der Waals surface area (Å²) in [6.07, 6.45) is 1.20. The molecule has 2 fully saturated rings. The van der Waals surface area contributed by atoms with E-state index in [-0.39, 0.29) is 31.5 Å². The molecule has 1 aromatic carbocycles. The van der Waals surface area contributed by atoms with E-state index in [1.807, 2.05) is 0 Å². The van der Waals surface area contributed by atoms with E-state index in [2.05, 4.69) is 5.32 Å². The largest absolute Gasteiger partial charge is 0.338 e. The molecule has 0 radical (unpaired) electrons. The highest BCUT2D eigenvalue weighted by Gasteiger charge is 2.36. The third-order valence-corrected chi connectivity index (χ3v) is 4.81. The van der Waals surface area contributed by atoms with Crippen molar-refractivity contribution in [1.29, 1.82) is 0 Å². The smallest absolute Gasteiger partial charge is 0.256 e. The highest BCUT2D eigenvalue weighted by Crippen LogP contribution is 2.30.